The van der Waals surface area contributed by atoms with Gasteiger partial charge in [-0.05, 0) is 53.4 Å². The van der Waals surface area contributed by atoms with Crippen LogP contribution >= 0.6 is 0 Å². The summed E-state index contributed by atoms with van der Waals surface area (Å²) in [6, 6.07) is 0.265. The van der Waals surface area contributed by atoms with Crippen molar-refractivity contribution in [1.82, 2.24) is 20.0 Å². The molecule has 6 nitrogen and oxygen atoms in total. The van der Waals surface area contributed by atoms with Crippen LogP contribution in [0, 0.1) is 13.8 Å². The molecular weight excluding hydrogens is 290 g/mol. The first-order valence-corrected chi connectivity index (χ1v) is 8.42. The lowest BCUT2D eigenvalue weighted by Gasteiger charge is -2.09. The Hall–Kier alpha value is -2.11. The smallest absolute Gasteiger partial charge is 0.276 e. The molecule has 23 heavy (non-hydrogen) atoms. The van der Waals surface area contributed by atoms with Crippen molar-refractivity contribution < 1.29 is 4.79 Å². The highest BCUT2D eigenvalue weighted by Crippen LogP contribution is 2.25. The highest BCUT2D eigenvalue weighted by Gasteiger charge is 2.23. The number of H-pyrrole nitrogens is 1. The molecule has 0 saturated heterocycles. The van der Waals surface area contributed by atoms with E-state index in [1.165, 1.54) is 6.42 Å². The fraction of sp³-hybridized carbons (Fsp3) is 0.588. The average Bonchev–Trinajstić information content (AvgIpc) is 2.93. The second-order valence-electron chi connectivity index (χ2n) is 6.63. The molecule has 0 spiro atoms. The molecule has 124 valence electrons. The van der Waals surface area contributed by atoms with Crippen LogP contribution in [0.15, 0.2) is 0 Å². The van der Waals surface area contributed by atoms with Crippen LogP contribution in [0.4, 0.5) is 5.69 Å². The third kappa shape index (κ3) is 2.90. The van der Waals surface area contributed by atoms with Gasteiger partial charge in [0.25, 0.3) is 5.91 Å². The summed E-state index contributed by atoms with van der Waals surface area (Å²) < 4.78 is 1.94. The van der Waals surface area contributed by atoms with Gasteiger partial charge in [0.05, 0.1) is 17.1 Å². The predicted molar refractivity (Wildman–Crippen MR) is 89.9 cm³/mol. The predicted octanol–water partition coefficient (Wildman–Crippen LogP) is 3.33. The Morgan fingerprint density at radius 2 is 1.96 bits per heavy atom. The number of nitrogens with one attached hydrogen (secondary N) is 2. The summed E-state index contributed by atoms with van der Waals surface area (Å²) in [5, 5.41) is 14.9. The van der Waals surface area contributed by atoms with Crippen LogP contribution in [0.3, 0.4) is 0 Å². The summed E-state index contributed by atoms with van der Waals surface area (Å²) in [5.74, 6) is -0.140. The molecule has 2 aromatic heterocycles. The quantitative estimate of drug-likeness (QED) is 0.853. The van der Waals surface area contributed by atoms with Crippen LogP contribution in [0.1, 0.15) is 72.3 Å². The Bertz CT molecular complexity index is 726. The van der Waals surface area contributed by atoms with E-state index in [1.807, 2.05) is 18.5 Å². The highest BCUT2D eigenvalue weighted by atomic mass is 16.2. The molecule has 6 heteroatoms. The zero-order valence-electron chi connectivity index (χ0n) is 14.4. The van der Waals surface area contributed by atoms with Gasteiger partial charge in [-0.1, -0.05) is 6.42 Å². The number of carbonyl (C=O) groups excluding carboxylic acids is 1. The number of hydrogen-bond donors (Lipinski definition) is 2. The summed E-state index contributed by atoms with van der Waals surface area (Å²) in [6.07, 6.45) is 5.41. The maximum absolute atomic E-state index is 12.7. The van der Waals surface area contributed by atoms with Crippen LogP contribution in [0.25, 0.3) is 0 Å². The first kappa shape index (κ1) is 15.8. The van der Waals surface area contributed by atoms with Crippen LogP contribution in [-0.4, -0.2) is 25.9 Å². The molecule has 0 atom stereocenters. The van der Waals surface area contributed by atoms with Crippen molar-refractivity contribution in [2.24, 2.45) is 0 Å². The molecule has 0 fully saturated rings. The Labute approximate surface area is 136 Å². The van der Waals surface area contributed by atoms with Gasteiger partial charge in [0.2, 0.25) is 0 Å². The number of anilines is 1. The summed E-state index contributed by atoms with van der Waals surface area (Å²) >= 11 is 0. The zero-order valence-corrected chi connectivity index (χ0v) is 14.4. The summed E-state index contributed by atoms with van der Waals surface area (Å²) in [7, 11) is 0. The van der Waals surface area contributed by atoms with Crippen molar-refractivity contribution in [3.63, 3.8) is 0 Å². The Morgan fingerprint density at radius 3 is 2.65 bits per heavy atom. The van der Waals surface area contributed by atoms with Gasteiger partial charge in [-0.15, -0.1) is 0 Å². The molecule has 1 aliphatic carbocycles. The fourth-order valence-corrected chi connectivity index (χ4v) is 3.36. The lowest BCUT2D eigenvalue weighted by Crippen LogP contribution is -2.16. The third-order valence-electron chi connectivity index (χ3n) is 4.57. The molecule has 2 N–H and O–H groups in total. The van der Waals surface area contributed by atoms with Gasteiger partial charge in [-0.25, -0.2) is 0 Å². The van der Waals surface area contributed by atoms with Crippen molar-refractivity contribution in [1.29, 1.82) is 0 Å². The average molecular weight is 315 g/mol. The lowest BCUT2D eigenvalue weighted by atomic mass is 10.1. The lowest BCUT2D eigenvalue weighted by molar-refractivity contribution is 0.102. The van der Waals surface area contributed by atoms with Crippen molar-refractivity contribution >= 4 is 11.6 Å². The number of aromatic nitrogens is 4. The van der Waals surface area contributed by atoms with Crippen LogP contribution < -0.4 is 5.32 Å². The van der Waals surface area contributed by atoms with Crippen molar-refractivity contribution in [3.05, 3.63) is 28.3 Å². The van der Waals surface area contributed by atoms with Crippen molar-refractivity contribution in [3.8, 4) is 0 Å². The second kappa shape index (κ2) is 6.18. The standard InChI is InChI=1S/C17H25N5O/c1-10(2)22-12(4)15(11(3)21-22)18-17(23)16-13-8-6-5-7-9-14(13)19-20-16/h10H,5-9H2,1-4H3,(H,18,23)(H,19,20). The maximum Gasteiger partial charge on any atom is 0.276 e. The minimum Gasteiger partial charge on any atom is -0.317 e. The molecule has 3 rings (SSSR count). The number of rotatable bonds is 3. The Kier molecular flexibility index (Phi) is 4.24. The molecule has 0 aliphatic heterocycles. The number of carbonyl (C=O) groups is 1. The number of nitrogens with zero attached hydrogens (tertiary/aromatic N) is 3. The Morgan fingerprint density at radius 1 is 1.22 bits per heavy atom. The fourth-order valence-electron chi connectivity index (χ4n) is 3.36. The first-order valence-electron chi connectivity index (χ1n) is 8.42. The third-order valence-corrected chi connectivity index (χ3v) is 4.57. The molecule has 2 heterocycles. The van der Waals surface area contributed by atoms with Gasteiger partial charge in [-0.2, -0.15) is 10.2 Å². The van der Waals surface area contributed by atoms with Gasteiger partial charge >= 0.3 is 0 Å². The minimum absolute atomic E-state index is 0.140. The minimum atomic E-state index is -0.140. The van der Waals surface area contributed by atoms with Gasteiger partial charge < -0.3 is 5.32 Å². The monoisotopic (exact) mass is 315 g/mol. The molecule has 0 unspecified atom stereocenters. The SMILES string of the molecule is Cc1nn(C(C)C)c(C)c1NC(=O)c1n[nH]c2c1CCCCC2. The molecule has 0 radical (unpaired) electrons. The second-order valence-corrected chi connectivity index (χ2v) is 6.63. The van der Waals surface area contributed by atoms with Gasteiger partial charge in [0.15, 0.2) is 5.69 Å². The van der Waals surface area contributed by atoms with Crippen LogP contribution in [-0.2, 0) is 12.8 Å². The molecule has 0 aromatic carbocycles. The van der Waals surface area contributed by atoms with E-state index in [1.54, 1.807) is 0 Å². The molecule has 0 bridgehead atoms. The largest absolute Gasteiger partial charge is 0.317 e. The molecule has 2 aromatic rings. The summed E-state index contributed by atoms with van der Waals surface area (Å²) in [4.78, 5) is 12.7. The van der Waals surface area contributed by atoms with E-state index in [2.05, 4.69) is 34.5 Å². The first-order chi connectivity index (χ1) is 11.0. The van der Waals surface area contributed by atoms with Gasteiger partial charge in [0, 0.05) is 17.3 Å². The number of amides is 1. The van der Waals surface area contributed by atoms with Gasteiger partial charge in [0.1, 0.15) is 0 Å². The van der Waals surface area contributed by atoms with E-state index < -0.39 is 0 Å². The summed E-state index contributed by atoms with van der Waals surface area (Å²) in [5.41, 5.74) is 5.37. The van der Waals surface area contributed by atoms with Crippen LogP contribution in [0.2, 0.25) is 0 Å². The molecule has 1 amide bonds. The van der Waals surface area contributed by atoms with E-state index in [-0.39, 0.29) is 11.9 Å². The molecular formula is C17H25N5O. The maximum atomic E-state index is 12.7. The Balaban J connectivity index is 1.87. The highest BCUT2D eigenvalue weighted by molar-refractivity contribution is 6.04. The van der Waals surface area contributed by atoms with E-state index in [0.717, 1.165) is 54.0 Å². The molecule has 1 aliphatic rings. The van der Waals surface area contributed by atoms with Crippen molar-refractivity contribution in [2.45, 2.75) is 65.8 Å². The number of fused-ring (bicyclic) bond motifs is 1. The molecule has 0 saturated carbocycles. The van der Waals surface area contributed by atoms with Crippen molar-refractivity contribution in [2.75, 3.05) is 5.32 Å². The van der Waals surface area contributed by atoms with Gasteiger partial charge in [-0.3, -0.25) is 14.6 Å². The number of aromatic amines is 1. The van der Waals surface area contributed by atoms with E-state index in [4.69, 9.17) is 0 Å². The summed E-state index contributed by atoms with van der Waals surface area (Å²) in [6.45, 7) is 8.07. The zero-order chi connectivity index (χ0) is 16.6. The van der Waals surface area contributed by atoms with Crippen LogP contribution in [0.5, 0.6) is 0 Å². The number of hydrogen-bond acceptors (Lipinski definition) is 3. The van der Waals surface area contributed by atoms with E-state index >= 15 is 0 Å². The topological polar surface area (TPSA) is 75.6 Å². The number of aryl methyl sites for hydroxylation is 2. The normalized spacial score (nSPS) is 14.7. The van der Waals surface area contributed by atoms with E-state index in [0.29, 0.717) is 5.69 Å². The van der Waals surface area contributed by atoms with E-state index in [9.17, 15) is 4.79 Å².